The van der Waals surface area contributed by atoms with Crippen molar-refractivity contribution in [2.75, 3.05) is 6.54 Å². The monoisotopic (exact) mass is 455 g/mol. The van der Waals surface area contributed by atoms with Crippen molar-refractivity contribution in [1.29, 1.82) is 0 Å². The van der Waals surface area contributed by atoms with Gasteiger partial charge < -0.3 is 4.57 Å². The third-order valence-corrected chi connectivity index (χ3v) is 7.27. The van der Waals surface area contributed by atoms with E-state index in [9.17, 15) is 0 Å². The molecule has 0 saturated carbocycles. The molecule has 0 fully saturated rings. The maximum Gasteiger partial charge on any atom is 0.152 e. The zero-order valence-corrected chi connectivity index (χ0v) is 20.5. The van der Waals surface area contributed by atoms with Crippen molar-refractivity contribution in [1.82, 2.24) is 14.5 Å². The molecule has 0 spiro atoms. The van der Waals surface area contributed by atoms with E-state index in [1.54, 1.807) is 0 Å². The van der Waals surface area contributed by atoms with Gasteiger partial charge in [-0.15, -0.1) is 0 Å². The first-order valence-electron chi connectivity index (χ1n) is 11.6. The SMILES string of the molecule is Cc1cccc(C2c3ccccc3CCN2Cc2c(Cl)nc(-c3c(C)cccc3C)n2C)c1. The van der Waals surface area contributed by atoms with Gasteiger partial charge in [-0.1, -0.05) is 83.9 Å². The van der Waals surface area contributed by atoms with Gasteiger partial charge in [0.15, 0.2) is 5.15 Å². The fourth-order valence-corrected chi connectivity index (χ4v) is 5.54. The number of fused-ring (bicyclic) bond motifs is 1. The Labute approximate surface area is 201 Å². The molecule has 1 aromatic heterocycles. The second kappa shape index (κ2) is 8.81. The second-order valence-corrected chi connectivity index (χ2v) is 9.59. The van der Waals surface area contributed by atoms with Crippen LogP contribution in [0, 0.1) is 20.8 Å². The van der Waals surface area contributed by atoms with Crippen LogP contribution in [0.15, 0.2) is 66.7 Å². The average molecular weight is 456 g/mol. The maximum atomic E-state index is 6.78. The maximum absolute atomic E-state index is 6.78. The number of rotatable bonds is 4. The normalized spacial score (nSPS) is 16.1. The van der Waals surface area contributed by atoms with Crippen molar-refractivity contribution in [3.63, 3.8) is 0 Å². The predicted octanol–water partition coefficient (Wildman–Crippen LogP) is 6.81. The van der Waals surface area contributed by atoms with Crippen LogP contribution in [0.25, 0.3) is 11.4 Å². The summed E-state index contributed by atoms with van der Waals surface area (Å²) in [6.45, 7) is 8.17. The molecule has 1 atom stereocenters. The summed E-state index contributed by atoms with van der Waals surface area (Å²) in [4.78, 5) is 7.38. The van der Waals surface area contributed by atoms with Gasteiger partial charge in [-0.2, -0.15) is 0 Å². The van der Waals surface area contributed by atoms with Crippen LogP contribution in [-0.2, 0) is 20.0 Å². The van der Waals surface area contributed by atoms with E-state index in [-0.39, 0.29) is 6.04 Å². The smallest absolute Gasteiger partial charge is 0.152 e. The van der Waals surface area contributed by atoms with Crippen LogP contribution >= 0.6 is 11.6 Å². The van der Waals surface area contributed by atoms with E-state index in [4.69, 9.17) is 16.6 Å². The molecule has 1 unspecified atom stereocenters. The summed E-state index contributed by atoms with van der Waals surface area (Å²) in [6.07, 6.45) is 1.04. The second-order valence-electron chi connectivity index (χ2n) is 9.23. The van der Waals surface area contributed by atoms with E-state index in [1.807, 2.05) is 0 Å². The molecule has 0 aliphatic carbocycles. The number of aryl methyl sites for hydroxylation is 3. The van der Waals surface area contributed by atoms with E-state index >= 15 is 0 Å². The molecule has 4 aromatic rings. The van der Waals surface area contributed by atoms with Crippen molar-refractivity contribution < 1.29 is 0 Å². The molecule has 0 amide bonds. The summed E-state index contributed by atoms with van der Waals surface area (Å²) in [5, 5.41) is 0.594. The molecular weight excluding hydrogens is 426 g/mol. The Morgan fingerprint density at radius 3 is 2.42 bits per heavy atom. The Morgan fingerprint density at radius 1 is 0.939 bits per heavy atom. The van der Waals surface area contributed by atoms with Gasteiger partial charge in [0.2, 0.25) is 0 Å². The average Bonchev–Trinajstić information content (AvgIpc) is 3.07. The predicted molar refractivity (Wildman–Crippen MR) is 137 cm³/mol. The van der Waals surface area contributed by atoms with Crippen molar-refractivity contribution >= 4 is 11.6 Å². The summed E-state index contributed by atoms with van der Waals surface area (Å²) in [7, 11) is 2.09. The zero-order valence-electron chi connectivity index (χ0n) is 19.8. The largest absolute Gasteiger partial charge is 0.329 e. The van der Waals surface area contributed by atoms with E-state index in [2.05, 4.69) is 104 Å². The van der Waals surface area contributed by atoms with E-state index in [0.29, 0.717) is 5.15 Å². The highest BCUT2D eigenvalue weighted by molar-refractivity contribution is 6.30. The molecule has 5 rings (SSSR count). The summed E-state index contributed by atoms with van der Waals surface area (Å²) in [5.74, 6) is 0.940. The lowest BCUT2D eigenvalue weighted by atomic mass is 9.87. The first kappa shape index (κ1) is 21.9. The van der Waals surface area contributed by atoms with Crippen LogP contribution in [0.2, 0.25) is 5.15 Å². The third kappa shape index (κ3) is 4.01. The van der Waals surface area contributed by atoms with Crippen LogP contribution in [-0.4, -0.2) is 21.0 Å². The molecule has 4 heteroatoms. The number of halogens is 1. The first-order chi connectivity index (χ1) is 15.9. The molecule has 168 valence electrons. The molecule has 0 bridgehead atoms. The van der Waals surface area contributed by atoms with Crippen LogP contribution in [0.3, 0.4) is 0 Å². The standard InChI is InChI=1S/C29H30ClN3/c1-19-9-7-13-23(17-19)27-24-14-6-5-12-22(24)15-16-33(27)18-25-28(30)31-29(32(25)4)26-20(2)10-8-11-21(26)3/h5-14,17,27H,15-16,18H2,1-4H3. The molecule has 2 heterocycles. The molecule has 3 aromatic carbocycles. The molecule has 0 radical (unpaired) electrons. The molecule has 33 heavy (non-hydrogen) atoms. The fraction of sp³-hybridized carbons (Fsp3) is 0.276. The minimum atomic E-state index is 0.199. The zero-order chi connectivity index (χ0) is 23.1. The van der Waals surface area contributed by atoms with Gasteiger partial charge in [0, 0.05) is 25.7 Å². The Balaban J connectivity index is 1.57. The van der Waals surface area contributed by atoms with Crippen LogP contribution in [0.4, 0.5) is 0 Å². The Hall–Kier alpha value is -2.88. The van der Waals surface area contributed by atoms with Crippen LogP contribution in [0.1, 0.15) is 45.1 Å². The number of hydrogen-bond acceptors (Lipinski definition) is 2. The number of benzene rings is 3. The molecule has 0 saturated heterocycles. The van der Waals surface area contributed by atoms with E-state index in [1.165, 1.54) is 38.9 Å². The number of aromatic nitrogens is 2. The Kier molecular flexibility index (Phi) is 5.86. The van der Waals surface area contributed by atoms with Crippen LogP contribution in [0.5, 0.6) is 0 Å². The number of nitrogens with zero attached hydrogens (tertiary/aromatic N) is 3. The van der Waals surface area contributed by atoms with E-state index < -0.39 is 0 Å². The molecular formula is C29H30ClN3. The highest BCUT2D eigenvalue weighted by Gasteiger charge is 2.30. The van der Waals surface area contributed by atoms with Crippen molar-refractivity contribution in [3.05, 3.63) is 111 Å². The molecule has 0 N–H and O–H groups in total. The van der Waals surface area contributed by atoms with Gasteiger partial charge in [-0.25, -0.2) is 4.98 Å². The van der Waals surface area contributed by atoms with Gasteiger partial charge in [0.05, 0.1) is 11.7 Å². The van der Waals surface area contributed by atoms with Gasteiger partial charge >= 0.3 is 0 Å². The molecule has 1 aliphatic heterocycles. The molecule has 3 nitrogen and oxygen atoms in total. The van der Waals surface area contributed by atoms with Crippen LogP contribution < -0.4 is 0 Å². The lowest BCUT2D eigenvalue weighted by Crippen LogP contribution is -2.36. The van der Waals surface area contributed by atoms with Gasteiger partial charge in [0.25, 0.3) is 0 Å². The van der Waals surface area contributed by atoms with E-state index in [0.717, 1.165) is 31.0 Å². The fourth-order valence-electron chi connectivity index (χ4n) is 5.27. The Bertz CT molecular complexity index is 1300. The highest BCUT2D eigenvalue weighted by atomic mass is 35.5. The van der Waals surface area contributed by atoms with Gasteiger partial charge in [0.1, 0.15) is 5.82 Å². The van der Waals surface area contributed by atoms with Gasteiger partial charge in [-0.3, -0.25) is 4.90 Å². The first-order valence-corrected chi connectivity index (χ1v) is 12.0. The lowest BCUT2D eigenvalue weighted by Gasteiger charge is -2.38. The summed E-state index contributed by atoms with van der Waals surface area (Å²) in [6, 6.07) is 24.3. The lowest BCUT2D eigenvalue weighted by molar-refractivity contribution is 0.200. The summed E-state index contributed by atoms with van der Waals surface area (Å²) < 4.78 is 2.19. The minimum absolute atomic E-state index is 0.199. The molecule has 1 aliphatic rings. The van der Waals surface area contributed by atoms with Crippen molar-refractivity contribution in [2.45, 2.75) is 39.8 Å². The number of hydrogen-bond donors (Lipinski definition) is 0. The summed E-state index contributed by atoms with van der Waals surface area (Å²) >= 11 is 6.78. The topological polar surface area (TPSA) is 21.1 Å². The third-order valence-electron chi connectivity index (χ3n) is 6.96. The highest BCUT2D eigenvalue weighted by Crippen LogP contribution is 2.38. The Morgan fingerprint density at radius 2 is 1.67 bits per heavy atom. The minimum Gasteiger partial charge on any atom is -0.329 e. The quantitative estimate of drug-likeness (QED) is 0.337. The van der Waals surface area contributed by atoms with Crippen molar-refractivity contribution in [2.24, 2.45) is 7.05 Å². The van der Waals surface area contributed by atoms with Gasteiger partial charge in [-0.05, 0) is 55.0 Å². The van der Waals surface area contributed by atoms with Crippen molar-refractivity contribution in [3.8, 4) is 11.4 Å². The summed E-state index contributed by atoms with van der Waals surface area (Å²) in [5.41, 5.74) is 10.1. The number of imidazole rings is 1.